The number of aromatic carboxylic acids is 1. The van der Waals surface area contributed by atoms with Gasteiger partial charge in [0.1, 0.15) is 5.75 Å². The van der Waals surface area contributed by atoms with E-state index < -0.39 is 12.6 Å². The zero-order valence-corrected chi connectivity index (χ0v) is 11.8. The average Bonchev–Trinajstić information content (AvgIpc) is 2.96. The molecule has 0 saturated carbocycles. The van der Waals surface area contributed by atoms with Gasteiger partial charge in [0.25, 0.3) is 0 Å². The van der Waals surface area contributed by atoms with Crippen LogP contribution in [0.4, 0.5) is 8.78 Å². The molecule has 2 rings (SSSR count). The van der Waals surface area contributed by atoms with Crippen molar-refractivity contribution in [1.29, 1.82) is 0 Å². The monoisotopic (exact) mass is 323 g/mol. The van der Waals surface area contributed by atoms with Crippen molar-refractivity contribution >= 4 is 29.2 Å². The molecule has 0 aliphatic carbocycles. The lowest BCUT2D eigenvalue weighted by molar-refractivity contribution is -0.254. The van der Waals surface area contributed by atoms with Gasteiger partial charge >= 0.3 is 6.61 Å². The zero-order valence-electron chi connectivity index (χ0n) is 11.0. The molecule has 0 bridgehead atoms. The number of thiophene rings is 1. The summed E-state index contributed by atoms with van der Waals surface area (Å²) in [7, 11) is 0. The first-order valence-electron chi connectivity index (χ1n) is 6.04. The minimum Gasteiger partial charge on any atom is -0.544 e. The number of ketones is 1. The number of allylic oxidation sites excluding steroid dienone is 1. The molecule has 1 aromatic heterocycles. The molecule has 0 saturated heterocycles. The normalized spacial score (nSPS) is 11.0. The van der Waals surface area contributed by atoms with E-state index >= 15 is 0 Å². The third-order valence-electron chi connectivity index (χ3n) is 2.58. The Balaban J connectivity index is 2.04. The van der Waals surface area contributed by atoms with Crippen molar-refractivity contribution in [3.8, 4) is 5.75 Å². The van der Waals surface area contributed by atoms with Gasteiger partial charge in [-0.3, -0.25) is 4.79 Å². The Morgan fingerprint density at radius 2 is 1.73 bits per heavy atom. The standard InChI is InChI=1S/C15H10F2O4S/c16-15(17)21-10-4-1-9(2-5-10)3-6-11(18)12-7-8-13(22-12)14(19)20/h1-8,15H,(H,19,20)/p-1/b6-3+. The lowest BCUT2D eigenvalue weighted by atomic mass is 10.2. The van der Waals surface area contributed by atoms with Crippen molar-refractivity contribution in [3.05, 3.63) is 57.8 Å². The molecule has 0 amide bonds. The first-order valence-corrected chi connectivity index (χ1v) is 6.86. The second kappa shape index (κ2) is 6.95. The average molecular weight is 323 g/mol. The van der Waals surface area contributed by atoms with E-state index in [1.807, 2.05) is 0 Å². The van der Waals surface area contributed by atoms with Crippen LogP contribution in [0.15, 0.2) is 42.5 Å². The molecular formula is C15H9F2O4S-. The molecule has 2 aromatic rings. The smallest absolute Gasteiger partial charge is 0.387 e. The SMILES string of the molecule is O=C([O-])c1ccc(C(=O)/C=C/c2ccc(OC(F)F)cc2)s1. The topological polar surface area (TPSA) is 66.4 Å². The minimum absolute atomic E-state index is 0.0229. The number of hydrogen-bond acceptors (Lipinski definition) is 5. The van der Waals surface area contributed by atoms with Crippen LogP contribution in [0.3, 0.4) is 0 Å². The first-order chi connectivity index (χ1) is 10.5. The number of carbonyl (C=O) groups is 2. The predicted octanol–water partition coefficient (Wildman–Crippen LogP) is 2.61. The molecule has 0 spiro atoms. The lowest BCUT2D eigenvalue weighted by Crippen LogP contribution is -2.20. The summed E-state index contributed by atoms with van der Waals surface area (Å²) in [6.07, 6.45) is 2.76. The van der Waals surface area contributed by atoms with E-state index in [4.69, 9.17) is 0 Å². The summed E-state index contributed by atoms with van der Waals surface area (Å²) in [6, 6.07) is 8.45. The molecule has 0 atom stereocenters. The molecule has 0 aliphatic heterocycles. The number of ether oxygens (including phenoxy) is 1. The largest absolute Gasteiger partial charge is 0.544 e. The van der Waals surface area contributed by atoms with Gasteiger partial charge in [0.05, 0.1) is 15.7 Å². The maximum Gasteiger partial charge on any atom is 0.387 e. The van der Waals surface area contributed by atoms with E-state index in [1.54, 1.807) is 0 Å². The van der Waals surface area contributed by atoms with E-state index in [0.29, 0.717) is 5.56 Å². The molecule has 0 aliphatic rings. The summed E-state index contributed by atoms with van der Waals surface area (Å²) in [5, 5.41) is 10.6. The molecule has 4 nitrogen and oxygen atoms in total. The second-order valence-corrected chi connectivity index (χ2v) is 5.18. The number of carboxylic acid groups (broad SMARTS) is 1. The van der Waals surface area contributed by atoms with Crippen LogP contribution in [-0.2, 0) is 0 Å². The molecule has 1 aromatic carbocycles. The Labute approximate surface area is 128 Å². The highest BCUT2D eigenvalue weighted by Crippen LogP contribution is 2.18. The highest BCUT2D eigenvalue weighted by molar-refractivity contribution is 7.16. The summed E-state index contributed by atoms with van der Waals surface area (Å²) in [6.45, 7) is -2.89. The van der Waals surface area contributed by atoms with Crippen LogP contribution < -0.4 is 9.84 Å². The van der Waals surface area contributed by atoms with Crippen LogP contribution in [0.1, 0.15) is 24.9 Å². The fourth-order valence-electron chi connectivity index (χ4n) is 1.59. The quantitative estimate of drug-likeness (QED) is 0.605. The zero-order chi connectivity index (χ0) is 16.1. The molecular weight excluding hydrogens is 314 g/mol. The first kappa shape index (κ1) is 15.8. The van der Waals surface area contributed by atoms with Crippen LogP contribution in [-0.4, -0.2) is 18.4 Å². The summed E-state index contributed by atoms with van der Waals surface area (Å²) >= 11 is 0.827. The van der Waals surface area contributed by atoms with Crippen LogP contribution in [0.5, 0.6) is 5.75 Å². The Hall–Kier alpha value is -2.54. The number of carboxylic acids is 1. The van der Waals surface area contributed by atoms with E-state index in [1.165, 1.54) is 48.6 Å². The molecule has 114 valence electrons. The number of rotatable bonds is 6. The molecule has 0 radical (unpaired) electrons. The highest BCUT2D eigenvalue weighted by atomic mass is 32.1. The van der Waals surface area contributed by atoms with E-state index in [2.05, 4.69) is 4.74 Å². The van der Waals surface area contributed by atoms with Crippen molar-refractivity contribution in [2.45, 2.75) is 6.61 Å². The fourth-order valence-corrected chi connectivity index (χ4v) is 2.36. The second-order valence-electron chi connectivity index (χ2n) is 4.10. The molecule has 0 N–H and O–H groups in total. The maximum absolute atomic E-state index is 12.0. The van der Waals surface area contributed by atoms with Crippen LogP contribution in [0, 0.1) is 0 Å². The fraction of sp³-hybridized carbons (Fsp3) is 0.0667. The van der Waals surface area contributed by atoms with Gasteiger partial charge in [0.15, 0.2) is 5.78 Å². The van der Waals surface area contributed by atoms with E-state index in [9.17, 15) is 23.5 Å². The number of alkyl halides is 2. The molecule has 0 unspecified atom stereocenters. The number of hydrogen-bond donors (Lipinski definition) is 0. The summed E-state index contributed by atoms with van der Waals surface area (Å²) < 4.78 is 28.2. The van der Waals surface area contributed by atoms with Gasteiger partial charge < -0.3 is 14.6 Å². The van der Waals surface area contributed by atoms with Gasteiger partial charge in [0.2, 0.25) is 0 Å². The molecule has 7 heteroatoms. The Morgan fingerprint density at radius 3 is 2.27 bits per heavy atom. The third kappa shape index (κ3) is 4.23. The van der Waals surface area contributed by atoms with Crippen LogP contribution in [0.25, 0.3) is 6.08 Å². The number of benzene rings is 1. The van der Waals surface area contributed by atoms with Gasteiger partial charge in [-0.2, -0.15) is 8.78 Å². The van der Waals surface area contributed by atoms with E-state index in [-0.39, 0.29) is 21.3 Å². The van der Waals surface area contributed by atoms with Crippen molar-refractivity contribution in [1.82, 2.24) is 0 Å². The van der Waals surface area contributed by atoms with Crippen molar-refractivity contribution in [3.63, 3.8) is 0 Å². The predicted molar refractivity (Wildman–Crippen MR) is 75.1 cm³/mol. The highest BCUT2D eigenvalue weighted by Gasteiger charge is 2.07. The van der Waals surface area contributed by atoms with Gasteiger partial charge in [-0.15, -0.1) is 11.3 Å². The van der Waals surface area contributed by atoms with Gasteiger partial charge in [-0.1, -0.05) is 18.2 Å². The summed E-state index contributed by atoms with van der Waals surface area (Å²) in [4.78, 5) is 22.7. The van der Waals surface area contributed by atoms with Crippen molar-refractivity contribution < 1.29 is 28.2 Å². The lowest BCUT2D eigenvalue weighted by Gasteiger charge is -2.03. The molecule has 0 fully saturated rings. The summed E-state index contributed by atoms with van der Waals surface area (Å²) in [5.74, 6) is -1.66. The Morgan fingerprint density at radius 1 is 1.09 bits per heavy atom. The van der Waals surface area contributed by atoms with Crippen molar-refractivity contribution in [2.24, 2.45) is 0 Å². The van der Waals surface area contributed by atoms with Crippen LogP contribution in [0.2, 0.25) is 0 Å². The number of halogens is 2. The Bertz CT molecular complexity index is 705. The van der Waals surface area contributed by atoms with Crippen LogP contribution >= 0.6 is 11.3 Å². The third-order valence-corrected chi connectivity index (χ3v) is 3.66. The molecule has 22 heavy (non-hydrogen) atoms. The maximum atomic E-state index is 12.0. The van der Waals surface area contributed by atoms with Gasteiger partial charge in [-0.05, 0) is 35.9 Å². The van der Waals surface area contributed by atoms with Gasteiger partial charge in [0, 0.05) is 0 Å². The van der Waals surface area contributed by atoms with E-state index in [0.717, 1.165) is 11.3 Å². The van der Waals surface area contributed by atoms with Gasteiger partial charge in [-0.25, -0.2) is 0 Å². The molecule has 1 heterocycles. The minimum atomic E-state index is -2.89. The van der Waals surface area contributed by atoms with Crippen molar-refractivity contribution in [2.75, 3.05) is 0 Å². The Kier molecular flexibility index (Phi) is 5.00. The summed E-state index contributed by atoms with van der Waals surface area (Å²) in [5.41, 5.74) is 0.617. The number of carbonyl (C=O) groups excluding carboxylic acids is 2.